The van der Waals surface area contributed by atoms with Crippen LogP contribution in [0.1, 0.15) is 15.9 Å². The van der Waals surface area contributed by atoms with Crippen molar-refractivity contribution in [3.63, 3.8) is 0 Å². The quantitative estimate of drug-likeness (QED) is 0.584. The zero-order valence-corrected chi connectivity index (χ0v) is 11.0. The van der Waals surface area contributed by atoms with E-state index in [1.54, 1.807) is 0 Å². The Hall–Kier alpha value is -1.37. The highest BCUT2D eigenvalue weighted by atomic mass is 127. The van der Waals surface area contributed by atoms with Crippen LogP contribution in [-0.2, 0) is 0 Å². The Bertz CT molecular complexity index is 626. The molecule has 0 bridgehead atoms. The van der Waals surface area contributed by atoms with Crippen molar-refractivity contribution < 1.29 is 18.0 Å². The summed E-state index contributed by atoms with van der Waals surface area (Å²) in [5.41, 5.74) is 0.279. The van der Waals surface area contributed by atoms with Crippen LogP contribution in [-0.4, -0.2) is 5.78 Å². The average Bonchev–Trinajstić information content (AvgIpc) is 2.32. The number of ketones is 1. The first kappa shape index (κ1) is 13.1. The van der Waals surface area contributed by atoms with E-state index in [0.29, 0.717) is 3.57 Å². The summed E-state index contributed by atoms with van der Waals surface area (Å²) in [5, 5.41) is 0. The standard InChI is InChI=1S/C13H6F3IO/c14-8-2-3-9(12(17)6-8)13(18)7-1-4-10(15)11(16)5-7/h1-6H. The molecule has 18 heavy (non-hydrogen) atoms. The lowest BCUT2D eigenvalue weighted by Crippen LogP contribution is -2.05. The smallest absolute Gasteiger partial charge is 0.194 e. The van der Waals surface area contributed by atoms with Gasteiger partial charge in [-0.2, -0.15) is 0 Å². The van der Waals surface area contributed by atoms with E-state index in [2.05, 4.69) is 0 Å². The lowest BCUT2D eigenvalue weighted by Gasteiger charge is -2.04. The normalized spacial score (nSPS) is 10.4. The number of hydrogen-bond donors (Lipinski definition) is 0. The third-order valence-electron chi connectivity index (χ3n) is 2.36. The number of carbonyl (C=O) groups is 1. The van der Waals surface area contributed by atoms with Gasteiger partial charge in [-0.05, 0) is 59.0 Å². The zero-order valence-electron chi connectivity index (χ0n) is 8.88. The molecule has 0 spiro atoms. The Kier molecular flexibility index (Phi) is 3.70. The Morgan fingerprint density at radius 3 is 2.28 bits per heavy atom. The van der Waals surface area contributed by atoms with Crippen molar-refractivity contribution in [1.82, 2.24) is 0 Å². The van der Waals surface area contributed by atoms with Gasteiger partial charge in [0.05, 0.1) is 0 Å². The molecule has 2 aromatic carbocycles. The SMILES string of the molecule is O=C(c1ccc(F)c(F)c1)c1ccc(F)cc1I. The fourth-order valence-corrected chi connectivity index (χ4v) is 2.19. The Morgan fingerprint density at radius 2 is 1.67 bits per heavy atom. The van der Waals surface area contributed by atoms with Crippen molar-refractivity contribution in [2.24, 2.45) is 0 Å². The summed E-state index contributed by atoms with van der Waals surface area (Å²) in [6.07, 6.45) is 0. The minimum absolute atomic E-state index is 0.0263. The average molecular weight is 362 g/mol. The van der Waals surface area contributed by atoms with Crippen molar-refractivity contribution in [1.29, 1.82) is 0 Å². The molecule has 0 saturated heterocycles. The molecule has 0 aromatic heterocycles. The summed E-state index contributed by atoms with van der Waals surface area (Å²) in [7, 11) is 0. The van der Waals surface area contributed by atoms with Gasteiger partial charge in [0, 0.05) is 14.7 Å². The van der Waals surface area contributed by atoms with Gasteiger partial charge in [-0.25, -0.2) is 13.2 Å². The van der Waals surface area contributed by atoms with E-state index >= 15 is 0 Å². The molecule has 2 aromatic rings. The molecular formula is C13H6F3IO. The second-order valence-corrected chi connectivity index (χ2v) is 4.74. The molecular weight excluding hydrogens is 356 g/mol. The molecule has 0 fully saturated rings. The maximum absolute atomic E-state index is 13.0. The molecule has 2 rings (SSSR count). The Balaban J connectivity index is 2.44. The van der Waals surface area contributed by atoms with E-state index in [1.807, 2.05) is 22.6 Å². The molecule has 5 heteroatoms. The molecule has 1 nitrogen and oxygen atoms in total. The summed E-state index contributed by atoms with van der Waals surface area (Å²) in [4.78, 5) is 12.0. The molecule has 0 aliphatic rings. The molecule has 92 valence electrons. The van der Waals surface area contributed by atoms with Crippen LogP contribution in [0, 0.1) is 21.0 Å². The first-order chi connectivity index (χ1) is 8.49. The fourth-order valence-electron chi connectivity index (χ4n) is 1.47. The van der Waals surface area contributed by atoms with Crippen LogP contribution < -0.4 is 0 Å². The van der Waals surface area contributed by atoms with Crippen LogP contribution in [0.25, 0.3) is 0 Å². The number of benzene rings is 2. The Labute approximate surface area is 115 Å². The topological polar surface area (TPSA) is 17.1 Å². The maximum atomic E-state index is 13.0. The first-order valence-electron chi connectivity index (χ1n) is 4.94. The van der Waals surface area contributed by atoms with Gasteiger partial charge in [-0.3, -0.25) is 4.79 Å². The number of hydrogen-bond acceptors (Lipinski definition) is 1. The van der Waals surface area contributed by atoms with E-state index in [9.17, 15) is 18.0 Å². The highest BCUT2D eigenvalue weighted by Crippen LogP contribution is 2.19. The molecule has 0 saturated carbocycles. The lowest BCUT2D eigenvalue weighted by atomic mass is 10.0. The maximum Gasteiger partial charge on any atom is 0.194 e. The highest BCUT2D eigenvalue weighted by Gasteiger charge is 2.15. The molecule has 0 heterocycles. The predicted octanol–water partition coefficient (Wildman–Crippen LogP) is 3.94. The van der Waals surface area contributed by atoms with Gasteiger partial charge in [0.2, 0.25) is 0 Å². The molecule has 0 unspecified atom stereocenters. The van der Waals surface area contributed by atoms with E-state index < -0.39 is 23.2 Å². The van der Waals surface area contributed by atoms with Gasteiger partial charge in [0.25, 0.3) is 0 Å². The van der Waals surface area contributed by atoms with Crippen molar-refractivity contribution >= 4 is 28.4 Å². The first-order valence-corrected chi connectivity index (χ1v) is 6.01. The second-order valence-electron chi connectivity index (χ2n) is 3.58. The molecule has 0 aliphatic heterocycles. The fraction of sp³-hybridized carbons (Fsp3) is 0. The van der Waals surface area contributed by atoms with Crippen LogP contribution >= 0.6 is 22.6 Å². The van der Waals surface area contributed by atoms with Crippen molar-refractivity contribution in [2.75, 3.05) is 0 Å². The summed E-state index contributed by atoms with van der Waals surface area (Å²) < 4.78 is 39.1. The van der Waals surface area contributed by atoms with E-state index in [0.717, 1.165) is 18.2 Å². The minimum atomic E-state index is -1.09. The minimum Gasteiger partial charge on any atom is -0.289 e. The van der Waals surface area contributed by atoms with Gasteiger partial charge in [0.1, 0.15) is 5.82 Å². The third kappa shape index (κ3) is 2.55. The summed E-state index contributed by atoms with van der Waals surface area (Å²) in [6, 6.07) is 6.58. The summed E-state index contributed by atoms with van der Waals surface area (Å²) in [6.45, 7) is 0. The van der Waals surface area contributed by atoms with Gasteiger partial charge >= 0.3 is 0 Å². The molecule has 0 radical (unpaired) electrons. The van der Waals surface area contributed by atoms with Crippen molar-refractivity contribution in [3.8, 4) is 0 Å². The predicted molar refractivity (Wildman–Crippen MR) is 68.9 cm³/mol. The summed E-state index contributed by atoms with van der Waals surface area (Å²) in [5.74, 6) is -3.03. The molecule has 0 aliphatic carbocycles. The van der Waals surface area contributed by atoms with Crippen LogP contribution in [0.4, 0.5) is 13.2 Å². The van der Waals surface area contributed by atoms with Gasteiger partial charge < -0.3 is 0 Å². The van der Waals surface area contributed by atoms with Crippen LogP contribution in [0.3, 0.4) is 0 Å². The van der Waals surface area contributed by atoms with Crippen molar-refractivity contribution in [2.45, 2.75) is 0 Å². The van der Waals surface area contributed by atoms with Crippen LogP contribution in [0.2, 0.25) is 0 Å². The van der Waals surface area contributed by atoms with E-state index in [-0.39, 0.29) is 11.1 Å². The zero-order chi connectivity index (χ0) is 13.3. The molecule has 0 N–H and O–H groups in total. The highest BCUT2D eigenvalue weighted by molar-refractivity contribution is 14.1. The molecule has 0 atom stereocenters. The second kappa shape index (κ2) is 5.09. The van der Waals surface area contributed by atoms with Crippen LogP contribution in [0.15, 0.2) is 36.4 Å². The van der Waals surface area contributed by atoms with Gasteiger partial charge in [-0.15, -0.1) is 0 Å². The third-order valence-corrected chi connectivity index (χ3v) is 3.25. The van der Waals surface area contributed by atoms with Crippen molar-refractivity contribution in [3.05, 3.63) is 68.5 Å². The lowest BCUT2D eigenvalue weighted by molar-refractivity contribution is 0.103. The summed E-state index contributed by atoms with van der Waals surface area (Å²) >= 11 is 1.81. The largest absolute Gasteiger partial charge is 0.289 e. The Morgan fingerprint density at radius 1 is 0.944 bits per heavy atom. The number of carbonyl (C=O) groups excluding carboxylic acids is 1. The molecule has 0 amide bonds. The van der Waals surface area contributed by atoms with Gasteiger partial charge in [-0.1, -0.05) is 0 Å². The number of halogens is 4. The van der Waals surface area contributed by atoms with E-state index in [4.69, 9.17) is 0 Å². The van der Waals surface area contributed by atoms with E-state index in [1.165, 1.54) is 18.2 Å². The van der Waals surface area contributed by atoms with Gasteiger partial charge in [0.15, 0.2) is 17.4 Å². The number of rotatable bonds is 2. The van der Waals surface area contributed by atoms with Crippen LogP contribution in [0.5, 0.6) is 0 Å². The monoisotopic (exact) mass is 362 g/mol.